The van der Waals surface area contributed by atoms with Crippen LogP contribution in [-0.4, -0.2) is 35.1 Å². The molecule has 6 nitrogen and oxygen atoms in total. The Morgan fingerprint density at radius 3 is 2.59 bits per heavy atom. The van der Waals surface area contributed by atoms with Crippen LogP contribution in [0.2, 0.25) is 0 Å². The number of carbonyl (C=O) groups excluding carboxylic acids is 1. The van der Waals surface area contributed by atoms with E-state index in [1.807, 2.05) is 39.0 Å². The first kappa shape index (κ1) is 19.3. The number of anilines is 1. The van der Waals surface area contributed by atoms with Gasteiger partial charge >= 0.3 is 0 Å². The number of benzene rings is 1. The first-order valence-electron chi connectivity index (χ1n) is 8.75. The minimum Gasteiger partial charge on any atom is -0.377 e. The second kappa shape index (κ2) is 8.02. The van der Waals surface area contributed by atoms with Crippen LogP contribution >= 0.6 is 11.3 Å². The van der Waals surface area contributed by atoms with E-state index in [0.29, 0.717) is 18.2 Å². The average molecular weight is 385 g/mol. The van der Waals surface area contributed by atoms with Gasteiger partial charge in [0.1, 0.15) is 17.3 Å². The Kier molecular flexibility index (Phi) is 5.72. The average Bonchev–Trinajstić information content (AvgIpc) is 3.03. The van der Waals surface area contributed by atoms with Crippen molar-refractivity contribution in [3.63, 3.8) is 0 Å². The van der Waals surface area contributed by atoms with Crippen LogP contribution in [0.1, 0.15) is 26.6 Å². The van der Waals surface area contributed by atoms with Crippen molar-refractivity contribution < 1.29 is 9.53 Å². The van der Waals surface area contributed by atoms with Crippen LogP contribution in [0.15, 0.2) is 35.7 Å². The Labute approximate surface area is 163 Å². The molecular formula is C20H24N4O2S. The molecule has 2 aromatic heterocycles. The molecule has 0 saturated carbocycles. The molecule has 1 amide bonds. The van der Waals surface area contributed by atoms with Crippen LogP contribution in [0.25, 0.3) is 21.3 Å². The van der Waals surface area contributed by atoms with Gasteiger partial charge in [0, 0.05) is 23.6 Å². The van der Waals surface area contributed by atoms with E-state index in [9.17, 15) is 4.79 Å². The maximum Gasteiger partial charge on any atom is 0.239 e. The Morgan fingerprint density at radius 2 is 1.93 bits per heavy atom. The molecule has 0 atom stereocenters. The molecule has 1 aromatic carbocycles. The van der Waals surface area contributed by atoms with Crippen molar-refractivity contribution in [3.05, 3.63) is 41.5 Å². The van der Waals surface area contributed by atoms with Gasteiger partial charge in [-0.05, 0) is 26.3 Å². The Balaban J connectivity index is 1.97. The van der Waals surface area contributed by atoms with Crippen molar-refractivity contribution in [3.8, 4) is 11.1 Å². The number of fused-ring (bicyclic) bond motifs is 1. The number of hydrogen-bond donors (Lipinski definition) is 2. The molecule has 2 N–H and O–H groups in total. The highest BCUT2D eigenvalue weighted by atomic mass is 32.1. The van der Waals surface area contributed by atoms with Crippen LogP contribution in [0.4, 0.5) is 5.82 Å². The maximum absolute atomic E-state index is 12.2. The lowest BCUT2D eigenvalue weighted by Gasteiger charge is -2.20. The van der Waals surface area contributed by atoms with Gasteiger partial charge in [-0.15, -0.1) is 11.3 Å². The van der Waals surface area contributed by atoms with E-state index in [1.54, 1.807) is 18.4 Å². The highest BCUT2D eigenvalue weighted by Crippen LogP contribution is 2.36. The minimum absolute atomic E-state index is 0.0842. The largest absolute Gasteiger partial charge is 0.377 e. The predicted octanol–water partition coefficient (Wildman–Crippen LogP) is 3.83. The fraction of sp³-hybridized carbons (Fsp3) is 0.350. The lowest BCUT2D eigenvalue weighted by atomic mass is 10.1. The lowest BCUT2D eigenvalue weighted by Crippen LogP contribution is -2.43. The van der Waals surface area contributed by atoms with Crippen molar-refractivity contribution in [1.29, 1.82) is 0 Å². The smallest absolute Gasteiger partial charge is 0.239 e. The lowest BCUT2D eigenvalue weighted by molar-refractivity contribution is -0.120. The molecular weight excluding hydrogens is 360 g/mol. The second-order valence-electron chi connectivity index (χ2n) is 7.27. The number of nitrogens with zero attached hydrogens (tertiary/aromatic N) is 2. The molecule has 3 rings (SSSR count). The number of thiophene rings is 1. The number of nitrogens with one attached hydrogen (secondary N) is 2. The molecule has 0 unspecified atom stereocenters. The van der Waals surface area contributed by atoms with Gasteiger partial charge in [-0.2, -0.15) is 0 Å². The van der Waals surface area contributed by atoms with Crippen molar-refractivity contribution >= 4 is 33.3 Å². The maximum atomic E-state index is 12.2. The monoisotopic (exact) mass is 384 g/mol. The summed E-state index contributed by atoms with van der Waals surface area (Å²) in [5.74, 6) is 1.15. The molecule has 0 saturated heterocycles. The van der Waals surface area contributed by atoms with Gasteiger partial charge in [0.25, 0.3) is 0 Å². The Bertz CT molecular complexity index is 932. The molecule has 0 radical (unpaired) electrons. The molecule has 0 aliphatic rings. The normalized spacial score (nSPS) is 11.6. The van der Waals surface area contributed by atoms with Crippen LogP contribution in [0.3, 0.4) is 0 Å². The zero-order chi connectivity index (χ0) is 19.4. The molecule has 7 heteroatoms. The van der Waals surface area contributed by atoms with Crippen molar-refractivity contribution in [1.82, 2.24) is 15.3 Å². The number of methoxy groups -OCH3 is 1. The van der Waals surface area contributed by atoms with Gasteiger partial charge in [-0.3, -0.25) is 4.79 Å². The highest BCUT2D eigenvalue weighted by molar-refractivity contribution is 7.17. The number of rotatable bonds is 6. The van der Waals surface area contributed by atoms with Crippen molar-refractivity contribution in [2.75, 3.05) is 19.0 Å². The first-order chi connectivity index (χ1) is 12.9. The van der Waals surface area contributed by atoms with Gasteiger partial charge in [0.05, 0.1) is 11.9 Å². The fourth-order valence-corrected chi connectivity index (χ4v) is 3.73. The van der Waals surface area contributed by atoms with E-state index in [1.165, 1.54) is 0 Å². The standard InChI is InChI=1S/C20H24N4O2S/c1-20(2,3)24-16(25)10-21-18-17-14(13-8-6-5-7-9-13)12-27-19(17)23-15(22-18)11-26-4/h5-9,12H,10-11H2,1-4H3,(H,24,25)(H,21,22,23). The van der Waals surface area contributed by atoms with Crippen LogP contribution in [0, 0.1) is 0 Å². The number of carbonyl (C=O) groups is 1. The van der Waals surface area contributed by atoms with Gasteiger partial charge in [-0.25, -0.2) is 9.97 Å². The molecule has 142 valence electrons. The van der Waals surface area contributed by atoms with Gasteiger partial charge in [0.15, 0.2) is 5.82 Å². The van der Waals surface area contributed by atoms with E-state index in [2.05, 4.69) is 38.1 Å². The SMILES string of the molecule is COCc1nc(NCC(=O)NC(C)(C)C)c2c(-c3ccccc3)csc2n1. The first-order valence-corrected chi connectivity index (χ1v) is 9.62. The van der Waals surface area contributed by atoms with Crippen molar-refractivity contribution in [2.24, 2.45) is 0 Å². The van der Waals surface area contributed by atoms with Gasteiger partial charge < -0.3 is 15.4 Å². The molecule has 3 aromatic rings. The molecule has 0 aliphatic carbocycles. The van der Waals surface area contributed by atoms with Crippen LogP contribution in [-0.2, 0) is 16.1 Å². The molecule has 0 aliphatic heterocycles. The third-order valence-electron chi connectivity index (χ3n) is 3.77. The summed E-state index contributed by atoms with van der Waals surface area (Å²) in [4.78, 5) is 22.3. The summed E-state index contributed by atoms with van der Waals surface area (Å²) in [5, 5.41) is 9.14. The quantitative estimate of drug-likeness (QED) is 0.675. The molecule has 0 fully saturated rings. The second-order valence-corrected chi connectivity index (χ2v) is 8.13. The van der Waals surface area contributed by atoms with Gasteiger partial charge in [0.2, 0.25) is 5.91 Å². The third kappa shape index (κ3) is 4.81. The summed E-state index contributed by atoms with van der Waals surface area (Å²) in [6.45, 7) is 6.32. The third-order valence-corrected chi connectivity index (χ3v) is 4.64. The minimum atomic E-state index is -0.279. The summed E-state index contributed by atoms with van der Waals surface area (Å²) < 4.78 is 5.19. The highest BCUT2D eigenvalue weighted by Gasteiger charge is 2.17. The number of amides is 1. The molecule has 27 heavy (non-hydrogen) atoms. The van der Waals surface area contributed by atoms with E-state index in [-0.39, 0.29) is 18.0 Å². The molecule has 2 heterocycles. The number of hydrogen-bond acceptors (Lipinski definition) is 6. The van der Waals surface area contributed by atoms with E-state index < -0.39 is 0 Å². The van der Waals surface area contributed by atoms with Crippen molar-refractivity contribution in [2.45, 2.75) is 32.9 Å². The van der Waals surface area contributed by atoms with E-state index >= 15 is 0 Å². The Hall–Kier alpha value is -2.51. The summed E-state index contributed by atoms with van der Waals surface area (Å²) >= 11 is 1.56. The van der Waals surface area contributed by atoms with Crippen LogP contribution < -0.4 is 10.6 Å². The topological polar surface area (TPSA) is 76.1 Å². The molecule has 0 spiro atoms. The summed E-state index contributed by atoms with van der Waals surface area (Å²) in [6, 6.07) is 10.1. The fourth-order valence-electron chi connectivity index (χ4n) is 2.76. The Morgan fingerprint density at radius 1 is 1.19 bits per heavy atom. The van der Waals surface area contributed by atoms with Crippen LogP contribution in [0.5, 0.6) is 0 Å². The predicted molar refractivity (Wildman–Crippen MR) is 110 cm³/mol. The zero-order valence-electron chi connectivity index (χ0n) is 16.0. The summed E-state index contributed by atoms with van der Waals surface area (Å²) in [6.07, 6.45) is 0. The van der Waals surface area contributed by atoms with Gasteiger partial charge in [-0.1, -0.05) is 30.3 Å². The summed E-state index contributed by atoms with van der Waals surface area (Å²) in [7, 11) is 1.61. The number of aromatic nitrogens is 2. The van der Waals surface area contributed by atoms with E-state index in [4.69, 9.17) is 4.74 Å². The van der Waals surface area contributed by atoms with E-state index in [0.717, 1.165) is 21.3 Å². The molecule has 0 bridgehead atoms. The summed E-state index contributed by atoms with van der Waals surface area (Å²) in [5.41, 5.74) is 1.87. The number of ether oxygens (including phenoxy) is 1. The zero-order valence-corrected chi connectivity index (χ0v) is 16.8.